The van der Waals surface area contributed by atoms with Gasteiger partial charge in [0.1, 0.15) is 5.75 Å². The van der Waals surface area contributed by atoms with Gasteiger partial charge in [0, 0.05) is 12.1 Å². The summed E-state index contributed by atoms with van der Waals surface area (Å²) in [5.74, 6) is 0.667. The third kappa shape index (κ3) is 5.19. The molecule has 1 atom stereocenters. The van der Waals surface area contributed by atoms with E-state index in [0.717, 1.165) is 6.42 Å². The van der Waals surface area contributed by atoms with Crippen LogP contribution >= 0.6 is 11.6 Å². The first-order valence-electron chi connectivity index (χ1n) is 7.87. The summed E-state index contributed by atoms with van der Waals surface area (Å²) in [5, 5.41) is 13.3. The molecule has 0 saturated carbocycles. The number of benzene rings is 2. The Labute approximate surface area is 150 Å². The average molecular weight is 363 g/mol. The zero-order valence-electron chi connectivity index (χ0n) is 14.0. The fourth-order valence-corrected chi connectivity index (χ4v) is 2.40. The van der Waals surface area contributed by atoms with Crippen LogP contribution in [-0.2, 0) is 4.79 Å². The van der Waals surface area contributed by atoms with Crippen molar-refractivity contribution in [3.05, 3.63) is 63.2 Å². The number of nitrogens with zero attached hydrogens (tertiary/aromatic N) is 1. The summed E-state index contributed by atoms with van der Waals surface area (Å²) in [6.07, 6.45) is 1.05. The van der Waals surface area contributed by atoms with E-state index < -0.39 is 10.8 Å². The monoisotopic (exact) mass is 362 g/mol. The lowest BCUT2D eigenvalue weighted by molar-refractivity contribution is -0.384. The van der Waals surface area contributed by atoms with Gasteiger partial charge in [-0.3, -0.25) is 14.9 Å². The van der Waals surface area contributed by atoms with E-state index in [4.69, 9.17) is 16.3 Å². The maximum atomic E-state index is 11.9. The molecule has 0 fully saturated rings. The van der Waals surface area contributed by atoms with Crippen molar-refractivity contribution in [1.29, 1.82) is 0 Å². The van der Waals surface area contributed by atoms with E-state index in [1.165, 1.54) is 23.8 Å². The zero-order chi connectivity index (χ0) is 18.4. The highest BCUT2D eigenvalue weighted by Crippen LogP contribution is 2.26. The number of hydrogen-bond donors (Lipinski definition) is 1. The van der Waals surface area contributed by atoms with Gasteiger partial charge in [0.15, 0.2) is 6.61 Å². The molecule has 1 N–H and O–H groups in total. The molecule has 2 aromatic carbocycles. The smallest absolute Gasteiger partial charge is 0.271 e. The first kappa shape index (κ1) is 18.7. The molecule has 0 aliphatic rings. The molecule has 25 heavy (non-hydrogen) atoms. The second-order valence-electron chi connectivity index (χ2n) is 5.64. The highest BCUT2D eigenvalue weighted by atomic mass is 35.5. The number of carbonyl (C=O) groups is 1. The van der Waals surface area contributed by atoms with Gasteiger partial charge in [-0.05, 0) is 36.1 Å². The van der Waals surface area contributed by atoms with E-state index in [0.29, 0.717) is 17.4 Å². The molecule has 2 rings (SSSR count). The molecule has 0 aliphatic heterocycles. The number of anilines is 1. The molecule has 0 spiro atoms. The van der Waals surface area contributed by atoms with Crippen LogP contribution in [0.25, 0.3) is 0 Å². The van der Waals surface area contributed by atoms with Crippen molar-refractivity contribution in [3.8, 4) is 5.75 Å². The molecule has 1 amide bonds. The number of hydrogen-bond acceptors (Lipinski definition) is 4. The summed E-state index contributed by atoms with van der Waals surface area (Å²) in [5.41, 5.74) is 1.38. The molecule has 0 radical (unpaired) electrons. The molecule has 2 aromatic rings. The van der Waals surface area contributed by atoms with Crippen LogP contribution in [0.3, 0.4) is 0 Å². The van der Waals surface area contributed by atoms with Gasteiger partial charge >= 0.3 is 0 Å². The van der Waals surface area contributed by atoms with Gasteiger partial charge < -0.3 is 10.1 Å². The minimum atomic E-state index is -0.552. The SMILES string of the molecule is CC[C@H](C)c1ccc(OCC(=O)Nc2ccc([N+](=O)[O-])cc2Cl)cc1. The molecule has 0 saturated heterocycles. The van der Waals surface area contributed by atoms with Crippen molar-refractivity contribution in [1.82, 2.24) is 0 Å². The molecule has 6 nitrogen and oxygen atoms in total. The molecule has 7 heteroatoms. The van der Waals surface area contributed by atoms with Crippen molar-refractivity contribution in [2.24, 2.45) is 0 Å². The van der Waals surface area contributed by atoms with Crippen LogP contribution in [0.5, 0.6) is 5.75 Å². The summed E-state index contributed by atoms with van der Waals surface area (Å²) in [7, 11) is 0. The quantitative estimate of drug-likeness (QED) is 0.567. The summed E-state index contributed by atoms with van der Waals surface area (Å²) >= 11 is 5.94. The van der Waals surface area contributed by atoms with Gasteiger partial charge in [-0.25, -0.2) is 0 Å². The summed E-state index contributed by atoms with van der Waals surface area (Å²) in [6.45, 7) is 4.09. The van der Waals surface area contributed by atoms with Crippen LogP contribution in [0, 0.1) is 10.1 Å². The van der Waals surface area contributed by atoms with Crippen molar-refractivity contribution in [2.45, 2.75) is 26.2 Å². The Hall–Kier alpha value is -2.60. The molecule has 0 heterocycles. The van der Waals surface area contributed by atoms with E-state index in [9.17, 15) is 14.9 Å². The number of nitro benzene ring substituents is 1. The predicted molar refractivity (Wildman–Crippen MR) is 97.4 cm³/mol. The van der Waals surface area contributed by atoms with Crippen molar-refractivity contribution < 1.29 is 14.5 Å². The Balaban J connectivity index is 1.91. The van der Waals surface area contributed by atoms with Crippen LogP contribution in [-0.4, -0.2) is 17.4 Å². The van der Waals surface area contributed by atoms with Crippen LogP contribution in [0.2, 0.25) is 5.02 Å². The van der Waals surface area contributed by atoms with E-state index in [1.807, 2.05) is 24.3 Å². The van der Waals surface area contributed by atoms with Gasteiger partial charge in [-0.15, -0.1) is 0 Å². The number of amides is 1. The number of ether oxygens (including phenoxy) is 1. The van der Waals surface area contributed by atoms with E-state index in [2.05, 4.69) is 19.2 Å². The molecule has 0 bridgehead atoms. The van der Waals surface area contributed by atoms with Crippen LogP contribution in [0.1, 0.15) is 31.7 Å². The Morgan fingerprint density at radius 1 is 1.28 bits per heavy atom. The van der Waals surface area contributed by atoms with Crippen LogP contribution in [0.15, 0.2) is 42.5 Å². The Morgan fingerprint density at radius 3 is 2.52 bits per heavy atom. The lowest BCUT2D eigenvalue weighted by Crippen LogP contribution is -2.20. The first-order chi connectivity index (χ1) is 11.9. The van der Waals surface area contributed by atoms with Crippen molar-refractivity contribution in [3.63, 3.8) is 0 Å². The van der Waals surface area contributed by atoms with Gasteiger partial charge in [0.25, 0.3) is 11.6 Å². The molecule has 0 unspecified atom stereocenters. The number of nitrogens with one attached hydrogen (secondary N) is 1. The molecule has 132 valence electrons. The fourth-order valence-electron chi connectivity index (χ4n) is 2.18. The lowest BCUT2D eigenvalue weighted by atomic mass is 9.99. The Bertz CT molecular complexity index is 762. The molecule has 0 aliphatic carbocycles. The predicted octanol–water partition coefficient (Wildman–Crippen LogP) is 4.78. The summed E-state index contributed by atoms with van der Waals surface area (Å²) < 4.78 is 5.45. The van der Waals surface area contributed by atoms with E-state index >= 15 is 0 Å². The standard InChI is InChI=1S/C18H19ClN2O4/c1-3-12(2)13-4-7-15(8-5-13)25-11-18(22)20-17-9-6-14(21(23)24)10-16(17)19/h4-10,12H,3,11H2,1-2H3,(H,20,22)/t12-/m0/s1. The second kappa shape index (κ2) is 8.48. The third-order valence-corrected chi connectivity index (χ3v) is 4.18. The third-order valence-electron chi connectivity index (χ3n) is 3.87. The maximum Gasteiger partial charge on any atom is 0.271 e. The second-order valence-corrected chi connectivity index (χ2v) is 6.04. The largest absolute Gasteiger partial charge is 0.484 e. The fraction of sp³-hybridized carbons (Fsp3) is 0.278. The molecular formula is C18H19ClN2O4. The number of nitro groups is 1. The summed E-state index contributed by atoms with van der Waals surface area (Å²) in [4.78, 5) is 22.1. The van der Waals surface area contributed by atoms with Gasteiger partial charge in [0.2, 0.25) is 0 Å². The van der Waals surface area contributed by atoms with Crippen molar-refractivity contribution in [2.75, 3.05) is 11.9 Å². The number of rotatable bonds is 7. The first-order valence-corrected chi connectivity index (χ1v) is 8.25. The van der Waals surface area contributed by atoms with E-state index in [1.54, 1.807) is 0 Å². The Morgan fingerprint density at radius 2 is 1.96 bits per heavy atom. The molecular weight excluding hydrogens is 344 g/mol. The van der Waals surface area contributed by atoms with Gasteiger partial charge in [-0.2, -0.15) is 0 Å². The maximum absolute atomic E-state index is 11.9. The zero-order valence-corrected chi connectivity index (χ0v) is 14.7. The topological polar surface area (TPSA) is 81.5 Å². The minimum absolute atomic E-state index is 0.0976. The minimum Gasteiger partial charge on any atom is -0.484 e. The number of halogens is 1. The van der Waals surface area contributed by atoms with Crippen molar-refractivity contribution >= 4 is 28.9 Å². The Kier molecular flexibility index (Phi) is 6.36. The number of carbonyl (C=O) groups excluding carboxylic acids is 1. The van der Waals surface area contributed by atoms with Gasteiger partial charge in [-0.1, -0.05) is 37.6 Å². The van der Waals surface area contributed by atoms with E-state index in [-0.39, 0.29) is 17.3 Å². The highest BCUT2D eigenvalue weighted by molar-refractivity contribution is 6.34. The highest BCUT2D eigenvalue weighted by Gasteiger charge is 2.12. The summed E-state index contributed by atoms with van der Waals surface area (Å²) in [6, 6.07) is 11.5. The molecule has 0 aromatic heterocycles. The number of non-ortho nitro benzene ring substituents is 1. The van der Waals surface area contributed by atoms with Gasteiger partial charge in [0.05, 0.1) is 15.6 Å². The average Bonchev–Trinajstić information content (AvgIpc) is 2.61. The van der Waals surface area contributed by atoms with Crippen LogP contribution < -0.4 is 10.1 Å². The van der Waals surface area contributed by atoms with Crippen LogP contribution in [0.4, 0.5) is 11.4 Å². The lowest BCUT2D eigenvalue weighted by Gasteiger charge is -2.11. The normalized spacial score (nSPS) is 11.6.